The number of Topliss-reactive ketones (excluding diaryl/α,β-unsaturated/α-hetero) is 1. The van der Waals surface area contributed by atoms with Crippen LogP contribution in [0.2, 0.25) is 0 Å². The van der Waals surface area contributed by atoms with E-state index in [4.69, 9.17) is 0 Å². The van der Waals surface area contributed by atoms with Crippen molar-refractivity contribution in [3.8, 4) is 0 Å². The Bertz CT molecular complexity index is 1160. The van der Waals surface area contributed by atoms with Crippen LogP contribution >= 0.6 is 0 Å². The summed E-state index contributed by atoms with van der Waals surface area (Å²) in [5, 5.41) is 4.85. The minimum atomic E-state index is -0.250. The average Bonchev–Trinajstić information content (AvgIpc) is 2.67. The third-order valence-corrected chi connectivity index (χ3v) is 5.50. The van der Waals surface area contributed by atoms with E-state index < -0.39 is 0 Å². The molecule has 0 N–H and O–H groups in total. The zero-order valence-corrected chi connectivity index (χ0v) is 14.2. The highest BCUT2D eigenvalue weighted by Gasteiger charge is 2.28. The Hall–Kier alpha value is -3.00. The molecule has 1 aliphatic carbocycles. The predicted molar refractivity (Wildman–Crippen MR) is 103 cm³/mol. The molecule has 0 aromatic heterocycles. The fourth-order valence-electron chi connectivity index (χ4n) is 4.32. The maximum atomic E-state index is 13.4. The molecule has 126 valence electrons. The van der Waals surface area contributed by atoms with Gasteiger partial charge in [0.05, 0.1) is 0 Å². The first kappa shape index (κ1) is 15.3. The van der Waals surface area contributed by atoms with Crippen LogP contribution in [-0.2, 0) is 11.2 Å². The van der Waals surface area contributed by atoms with Gasteiger partial charge in [-0.05, 0) is 50.4 Å². The summed E-state index contributed by atoms with van der Waals surface area (Å²) in [5.74, 6) is -0.0244. The van der Waals surface area contributed by atoms with Gasteiger partial charge < -0.3 is 0 Å². The second-order valence-corrected chi connectivity index (χ2v) is 7.04. The molecule has 0 saturated heterocycles. The Labute approximate surface area is 151 Å². The Morgan fingerprint density at radius 2 is 1.54 bits per heavy atom. The number of carbonyl (C=O) groups excluding carboxylic acids is 1. The molecule has 0 heterocycles. The third kappa shape index (κ3) is 2.33. The monoisotopic (exact) mass is 340 g/mol. The number of ketones is 1. The summed E-state index contributed by atoms with van der Waals surface area (Å²) < 4.78 is 13.4. The van der Waals surface area contributed by atoms with Gasteiger partial charge in [-0.1, -0.05) is 60.7 Å². The van der Waals surface area contributed by atoms with Gasteiger partial charge in [-0.3, -0.25) is 4.79 Å². The molecular weight excluding hydrogens is 323 g/mol. The maximum absolute atomic E-state index is 13.4. The van der Waals surface area contributed by atoms with Crippen LogP contribution in [0.15, 0.2) is 72.8 Å². The molecule has 5 rings (SSSR count). The summed E-state index contributed by atoms with van der Waals surface area (Å²) in [7, 11) is 0. The molecule has 1 aliphatic rings. The number of rotatable bonds is 1. The minimum absolute atomic E-state index is 0.0169. The summed E-state index contributed by atoms with van der Waals surface area (Å²) in [5.41, 5.74) is 3.32. The molecule has 1 nitrogen and oxygen atoms in total. The highest BCUT2D eigenvalue weighted by molar-refractivity contribution is 6.09. The summed E-state index contributed by atoms with van der Waals surface area (Å²) in [4.78, 5) is 12.4. The Morgan fingerprint density at radius 3 is 2.38 bits per heavy atom. The first-order valence-corrected chi connectivity index (χ1v) is 8.91. The molecule has 1 atom stereocenters. The van der Waals surface area contributed by atoms with E-state index in [-0.39, 0.29) is 17.5 Å². The van der Waals surface area contributed by atoms with Crippen molar-refractivity contribution in [3.05, 3.63) is 95.3 Å². The molecule has 0 amide bonds. The van der Waals surface area contributed by atoms with Gasteiger partial charge in [-0.25, -0.2) is 4.39 Å². The Kier molecular flexibility index (Phi) is 3.39. The van der Waals surface area contributed by atoms with Gasteiger partial charge in [0.25, 0.3) is 0 Å². The first-order valence-electron chi connectivity index (χ1n) is 8.91. The van der Waals surface area contributed by atoms with Crippen molar-refractivity contribution >= 4 is 27.3 Å². The normalized spacial score (nSPS) is 16.8. The zero-order chi connectivity index (χ0) is 17.7. The molecule has 0 aliphatic heterocycles. The summed E-state index contributed by atoms with van der Waals surface area (Å²) in [6, 6.07) is 23.5. The molecule has 0 bridgehead atoms. The zero-order valence-electron chi connectivity index (χ0n) is 14.2. The van der Waals surface area contributed by atoms with Gasteiger partial charge in [0.1, 0.15) is 11.6 Å². The van der Waals surface area contributed by atoms with Gasteiger partial charge in [0.2, 0.25) is 0 Å². The van der Waals surface area contributed by atoms with Crippen LogP contribution in [0.3, 0.4) is 0 Å². The molecule has 4 aromatic rings. The van der Waals surface area contributed by atoms with Gasteiger partial charge >= 0.3 is 0 Å². The Morgan fingerprint density at radius 1 is 0.769 bits per heavy atom. The van der Waals surface area contributed by atoms with Crippen LogP contribution in [0.4, 0.5) is 4.39 Å². The van der Waals surface area contributed by atoms with Gasteiger partial charge in [-0.2, -0.15) is 0 Å². The number of carbonyl (C=O) groups is 1. The van der Waals surface area contributed by atoms with E-state index in [1.54, 1.807) is 0 Å². The van der Waals surface area contributed by atoms with Crippen molar-refractivity contribution in [3.63, 3.8) is 0 Å². The molecular formula is C24H17FO. The molecule has 0 fully saturated rings. The van der Waals surface area contributed by atoms with E-state index in [0.29, 0.717) is 12.8 Å². The number of hydrogen-bond donors (Lipinski definition) is 0. The fourth-order valence-corrected chi connectivity index (χ4v) is 4.32. The standard InChI is InChI=1S/C24H17FO/c25-18-9-5-16(6-10-18)23-14-19(26)13-17-8-11-21-20-4-2-1-3-15(20)7-12-22(21)24(17)23/h1-12,23H,13-14H2. The first-order chi connectivity index (χ1) is 12.7. The van der Waals surface area contributed by atoms with Crippen LogP contribution in [0.25, 0.3) is 21.5 Å². The summed E-state index contributed by atoms with van der Waals surface area (Å²) in [6.45, 7) is 0. The number of halogens is 1. The highest BCUT2D eigenvalue weighted by atomic mass is 19.1. The molecule has 1 unspecified atom stereocenters. The van der Waals surface area contributed by atoms with E-state index in [2.05, 4.69) is 42.5 Å². The van der Waals surface area contributed by atoms with Crippen LogP contribution in [0, 0.1) is 5.82 Å². The quantitative estimate of drug-likeness (QED) is 0.401. The molecule has 0 radical (unpaired) electrons. The van der Waals surface area contributed by atoms with Crippen molar-refractivity contribution in [2.75, 3.05) is 0 Å². The van der Waals surface area contributed by atoms with Crippen molar-refractivity contribution < 1.29 is 9.18 Å². The third-order valence-electron chi connectivity index (χ3n) is 5.50. The Balaban J connectivity index is 1.82. The lowest BCUT2D eigenvalue weighted by Crippen LogP contribution is -2.19. The van der Waals surface area contributed by atoms with E-state index >= 15 is 0 Å². The van der Waals surface area contributed by atoms with Crippen molar-refractivity contribution in [1.29, 1.82) is 0 Å². The molecule has 26 heavy (non-hydrogen) atoms. The maximum Gasteiger partial charge on any atom is 0.138 e. The summed E-state index contributed by atoms with van der Waals surface area (Å²) in [6.07, 6.45) is 0.959. The second-order valence-electron chi connectivity index (χ2n) is 7.04. The predicted octanol–water partition coefficient (Wildman–Crippen LogP) is 5.78. The highest BCUT2D eigenvalue weighted by Crippen LogP contribution is 2.41. The van der Waals surface area contributed by atoms with Gasteiger partial charge in [-0.15, -0.1) is 0 Å². The lowest BCUT2D eigenvalue weighted by atomic mass is 9.76. The number of fused-ring (bicyclic) bond motifs is 5. The topological polar surface area (TPSA) is 17.1 Å². The van der Waals surface area contributed by atoms with Crippen LogP contribution in [-0.4, -0.2) is 5.78 Å². The fraction of sp³-hybridized carbons (Fsp3) is 0.125. The molecule has 0 spiro atoms. The molecule has 2 heteroatoms. The van der Waals surface area contributed by atoms with E-state index in [1.807, 2.05) is 18.2 Å². The second kappa shape index (κ2) is 5.77. The number of benzene rings is 4. The largest absolute Gasteiger partial charge is 0.299 e. The average molecular weight is 340 g/mol. The van der Waals surface area contributed by atoms with Crippen molar-refractivity contribution in [2.24, 2.45) is 0 Å². The van der Waals surface area contributed by atoms with Gasteiger partial charge in [0, 0.05) is 18.8 Å². The molecule has 0 saturated carbocycles. The van der Waals surface area contributed by atoms with Crippen LogP contribution in [0.5, 0.6) is 0 Å². The van der Waals surface area contributed by atoms with E-state index in [1.165, 1.54) is 39.2 Å². The minimum Gasteiger partial charge on any atom is -0.299 e. The van der Waals surface area contributed by atoms with Crippen LogP contribution in [0.1, 0.15) is 29.0 Å². The van der Waals surface area contributed by atoms with Crippen LogP contribution < -0.4 is 0 Å². The van der Waals surface area contributed by atoms with Crippen molar-refractivity contribution in [2.45, 2.75) is 18.8 Å². The SMILES string of the molecule is O=C1Cc2ccc3c(ccc4ccccc43)c2C(c2ccc(F)cc2)C1. The summed E-state index contributed by atoms with van der Waals surface area (Å²) >= 11 is 0. The van der Waals surface area contributed by atoms with E-state index in [0.717, 1.165) is 11.1 Å². The smallest absolute Gasteiger partial charge is 0.138 e. The lowest BCUT2D eigenvalue weighted by molar-refractivity contribution is -0.119. The number of hydrogen-bond acceptors (Lipinski definition) is 1. The van der Waals surface area contributed by atoms with Crippen molar-refractivity contribution in [1.82, 2.24) is 0 Å². The van der Waals surface area contributed by atoms with E-state index in [9.17, 15) is 9.18 Å². The lowest BCUT2D eigenvalue weighted by Gasteiger charge is -2.27. The molecule has 4 aromatic carbocycles. The van der Waals surface area contributed by atoms with Gasteiger partial charge in [0.15, 0.2) is 0 Å².